The van der Waals surface area contributed by atoms with E-state index < -0.39 is 0 Å². The predicted octanol–water partition coefficient (Wildman–Crippen LogP) is 3.17. The lowest BCUT2D eigenvalue weighted by Gasteiger charge is -2.13. The molecule has 1 amide bonds. The fourth-order valence-corrected chi connectivity index (χ4v) is 2.66. The molecule has 28 heavy (non-hydrogen) atoms. The molecule has 3 rings (SSSR count). The van der Waals surface area contributed by atoms with Gasteiger partial charge in [0.1, 0.15) is 5.75 Å². The van der Waals surface area contributed by atoms with Crippen LogP contribution in [0.4, 0.5) is 5.69 Å². The van der Waals surface area contributed by atoms with Crippen LogP contribution >= 0.6 is 0 Å². The van der Waals surface area contributed by atoms with Crippen molar-refractivity contribution < 1.29 is 9.53 Å². The van der Waals surface area contributed by atoms with Gasteiger partial charge in [-0.25, -0.2) is 4.99 Å². The molecule has 1 aliphatic carbocycles. The Morgan fingerprint density at radius 1 is 1.07 bits per heavy atom. The number of ether oxygens (including phenoxy) is 1. The Morgan fingerprint density at radius 3 is 2.57 bits per heavy atom. The van der Waals surface area contributed by atoms with Crippen molar-refractivity contribution in [2.24, 2.45) is 10.9 Å². The molecule has 2 aromatic rings. The molecule has 0 unspecified atom stereocenters. The molecule has 0 spiro atoms. The molecule has 6 heteroatoms. The van der Waals surface area contributed by atoms with Gasteiger partial charge >= 0.3 is 0 Å². The summed E-state index contributed by atoms with van der Waals surface area (Å²) in [6.45, 7) is 4.11. The van der Waals surface area contributed by atoms with Crippen LogP contribution in [0.3, 0.4) is 0 Å². The lowest BCUT2D eigenvalue weighted by molar-refractivity contribution is -0.115. The Hall–Kier alpha value is -3.02. The van der Waals surface area contributed by atoms with Crippen LogP contribution in [-0.2, 0) is 11.3 Å². The van der Waals surface area contributed by atoms with E-state index in [4.69, 9.17) is 4.74 Å². The van der Waals surface area contributed by atoms with Gasteiger partial charge in [-0.3, -0.25) is 4.79 Å². The van der Waals surface area contributed by atoms with E-state index in [1.54, 1.807) is 0 Å². The molecule has 3 N–H and O–H groups in total. The maximum absolute atomic E-state index is 12.1. The highest BCUT2D eigenvalue weighted by Crippen LogP contribution is 2.30. The third kappa shape index (κ3) is 6.61. The number of guanidine groups is 1. The zero-order chi connectivity index (χ0) is 19.6. The van der Waals surface area contributed by atoms with E-state index in [1.165, 1.54) is 12.8 Å². The molecule has 0 atom stereocenters. The predicted molar refractivity (Wildman–Crippen MR) is 113 cm³/mol. The zero-order valence-corrected chi connectivity index (χ0v) is 16.3. The number of benzene rings is 2. The summed E-state index contributed by atoms with van der Waals surface area (Å²) in [6, 6.07) is 17.4. The second kappa shape index (κ2) is 10.3. The quantitative estimate of drug-likeness (QED) is 0.461. The van der Waals surface area contributed by atoms with E-state index in [1.807, 2.05) is 61.5 Å². The first-order valence-corrected chi connectivity index (χ1v) is 9.82. The first kappa shape index (κ1) is 19.7. The van der Waals surface area contributed by atoms with Gasteiger partial charge in [-0.05, 0) is 43.9 Å². The number of amides is 1. The summed E-state index contributed by atoms with van der Waals surface area (Å²) in [5.41, 5.74) is 1.81. The Balaban J connectivity index is 1.54. The van der Waals surface area contributed by atoms with Crippen LogP contribution in [0.5, 0.6) is 5.75 Å². The maximum atomic E-state index is 12.1. The van der Waals surface area contributed by atoms with Gasteiger partial charge in [0.05, 0.1) is 19.7 Å². The molecule has 0 radical (unpaired) electrons. The number of rotatable bonds is 9. The fourth-order valence-electron chi connectivity index (χ4n) is 2.66. The summed E-state index contributed by atoms with van der Waals surface area (Å²) < 4.78 is 5.94. The number of carbonyl (C=O) groups is 1. The van der Waals surface area contributed by atoms with Crippen molar-refractivity contribution in [1.82, 2.24) is 10.6 Å². The van der Waals surface area contributed by atoms with Gasteiger partial charge in [-0.2, -0.15) is 0 Å². The van der Waals surface area contributed by atoms with Gasteiger partial charge < -0.3 is 20.7 Å². The van der Waals surface area contributed by atoms with Gasteiger partial charge in [-0.15, -0.1) is 0 Å². The number of aliphatic imine (C=N–C) groups is 1. The number of carbonyl (C=O) groups excluding carboxylic acids is 1. The molecular formula is C22H28N4O2. The van der Waals surface area contributed by atoms with Gasteiger partial charge in [0.25, 0.3) is 0 Å². The second-order valence-corrected chi connectivity index (χ2v) is 6.83. The van der Waals surface area contributed by atoms with Crippen LogP contribution in [0.2, 0.25) is 0 Å². The Labute approximate surface area is 166 Å². The third-order valence-electron chi connectivity index (χ3n) is 4.37. The highest BCUT2D eigenvalue weighted by atomic mass is 16.5. The Kier molecular flexibility index (Phi) is 7.29. The molecule has 148 valence electrons. The van der Waals surface area contributed by atoms with E-state index >= 15 is 0 Å². The number of nitrogens with one attached hydrogen (secondary N) is 3. The minimum Gasteiger partial charge on any atom is -0.493 e. The standard InChI is InChI=1S/C22H28N4O2/c1-2-23-22(25-15-21(27)26-19-9-4-3-5-10-19)24-14-18-8-6-7-11-20(18)28-16-17-12-13-17/h3-11,17H,2,12-16H2,1H3,(H,26,27)(H2,23,24,25). The normalized spacial score (nSPS) is 13.7. The van der Waals surface area contributed by atoms with Crippen LogP contribution in [0, 0.1) is 5.92 Å². The summed E-state index contributed by atoms with van der Waals surface area (Å²) in [5.74, 6) is 2.07. The monoisotopic (exact) mass is 380 g/mol. The van der Waals surface area contributed by atoms with Gasteiger partial charge in [0, 0.05) is 17.8 Å². The van der Waals surface area contributed by atoms with Crippen LogP contribution in [0.25, 0.3) is 0 Å². The number of hydrogen-bond donors (Lipinski definition) is 3. The summed E-state index contributed by atoms with van der Waals surface area (Å²) in [5, 5.41) is 9.10. The molecule has 0 aromatic heterocycles. The molecule has 1 saturated carbocycles. The van der Waals surface area contributed by atoms with Crippen LogP contribution < -0.4 is 20.7 Å². The number of hydrogen-bond acceptors (Lipinski definition) is 3. The minimum absolute atomic E-state index is 0.120. The largest absolute Gasteiger partial charge is 0.493 e. The van der Waals surface area contributed by atoms with Crippen molar-refractivity contribution in [3.63, 3.8) is 0 Å². The van der Waals surface area contributed by atoms with Crippen LogP contribution in [0.1, 0.15) is 25.3 Å². The van der Waals surface area contributed by atoms with Crippen molar-refractivity contribution in [1.29, 1.82) is 0 Å². The molecule has 1 fully saturated rings. The molecule has 0 heterocycles. The molecule has 6 nitrogen and oxygen atoms in total. The molecule has 1 aliphatic rings. The van der Waals surface area contributed by atoms with Gasteiger partial charge in [-0.1, -0.05) is 36.4 Å². The average molecular weight is 380 g/mol. The first-order chi connectivity index (χ1) is 13.7. The zero-order valence-electron chi connectivity index (χ0n) is 16.3. The van der Waals surface area contributed by atoms with Gasteiger partial charge in [0.2, 0.25) is 5.91 Å². The average Bonchev–Trinajstić information content (AvgIpc) is 3.54. The summed E-state index contributed by atoms with van der Waals surface area (Å²) in [4.78, 5) is 16.7. The summed E-state index contributed by atoms with van der Waals surface area (Å²) >= 11 is 0. The fraction of sp³-hybridized carbons (Fsp3) is 0.364. The van der Waals surface area contributed by atoms with Crippen molar-refractivity contribution in [3.8, 4) is 5.75 Å². The van der Waals surface area contributed by atoms with E-state index in [-0.39, 0.29) is 12.5 Å². The van der Waals surface area contributed by atoms with E-state index in [0.717, 1.165) is 23.6 Å². The van der Waals surface area contributed by atoms with Crippen molar-refractivity contribution >= 4 is 17.6 Å². The van der Waals surface area contributed by atoms with Crippen LogP contribution in [0.15, 0.2) is 59.6 Å². The highest BCUT2D eigenvalue weighted by Gasteiger charge is 2.22. The molecule has 0 bridgehead atoms. The van der Waals surface area contributed by atoms with Crippen molar-refractivity contribution in [2.45, 2.75) is 26.3 Å². The molecular weight excluding hydrogens is 352 g/mol. The number of para-hydroxylation sites is 2. The SMILES string of the molecule is CCNC(=NCc1ccccc1OCC1CC1)NCC(=O)Nc1ccccc1. The maximum Gasteiger partial charge on any atom is 0.243 e. The molecule has 2 aromatic carbocycles. The Morgan fingerprint density at radius 2 is 1.82 bits per heavy atom. The van der Waals surface area contributed by atoms with Crippen molar-refractivity contribution in [3.05, 3.63) is 60.2 Å². The topological polar surface area (TPSA) is 74.8 Å². The third-order valence-corrected chi connectivity index (χ3v) is 4.37. The number of nitrogens with zero attached hydrogens (tertiary/aromatic N) is 1. The molecule has 0 saturated heterocycles. The minimum atomic E-state index is -0.120. The summed E-state index contributed by atoms with van der Waals surface area (Å²) in [7, 11) is 0. The lowest BCUT2D eigenvalue weighted by Crippen LogP contribution is -2.41. The molecule has 0 aliphatic heterocycles. The second-order valence-electron chi connectivity index (χ2n) is 6.83. The smallest absolute Gasteiger partial charge is 0.243 e. The highest BCUT2D eigenvalue weighted by molar-refractivity contribution is 5.94. The first-order valence-electron chi connectivity index (χ1n) is 9.82. The van der Waals surface area contributed by atoms with Crippen LogP contribution in [-0.4, -0.2) is 31.6 Å². The Bertz CT molecular complexity index is 788. The van der Waals surface area contributed by atoms with Crippen molar-refractivity contribution in [2.75, 3.05) is 25.0 Å². The van der Waals surface area contributed by atoms with E-state index in [9.17, 15) is 4.79 Å². The summed E-state index contributed by atoms with van der Waals surface area (Å²) in [6.07, 6.45) is 2.53. The lowest BCUT2D eigenvalue weighted by atomic mass is 10.2. The van der Waals surface area contributed by atoms with E-state index in [0.29, 0.717) is 25.0 Å². The number of anilines is 1. The van der Waals surface area contributed by atoms with E-state index in [2.05, 4.69) is 20.9 Å². The van der Waals surface area contributed by atoms with Gasteiger partial charge in [0.15, 0.2) is 5.96 Å².